The molecule has 5 atom stereocenters. The van der Waals surface area contributed by atoms with Crippen LogP contribution in [0.4, 0.5) is 5.69 Å². The molecular weight excluding hydrogens is 498 g/mol. The number of ether oxygens (including phenoxy) is 5. The molecule has 2 aliphatic heterocycles. The number of nitrogens with zero attached hydrogens (tertiary/aromatic N) is 1. The van der Waals surface area contributed by atoms with Gasteiger partial charge in [0.1, 0.15) is 35.9 Å². The van der Waals surface area contributed by atoms with Gasteiger partial charge in [-0.15, -0.1) is 0 Å². The molecule has 5 N–H and O–H groups in total. The first-order valence-corrected chi connectivity index (χ1v) is 10.9. The van der Waals surface area contributed by atoms with Gasteiger partial charge in [0.15, 0.2) is 11.5 Å². The quantitative estimate of drug-likeness (QED) is 0.171. The highest BCUT2D eigenvalue weighted by molar-refractivity contribution is 6.22. The normalized spacial score (nSPS) is 24.8. The molecule has 1 fully saturated rings. The Bertz CT molecular complexity index is 1420. The topological polar surface area (TPSA) is 208 Å². The van der Waals surface area contributed by atoms with Gasteiger partial charge in [0.2, 0.25) is 13.1 Å². The molecule has 3 aromatic carbocycles. The van der Waals surface area contributed by atoms with Gasteiger partial charge in [-0.3, -0.25) is 10.1 Å². The highest BCUT2D eigenvalue weighted by atomic mass is 16.7. The van der Waals surface area contributed by atoms with E-state index < -0.39 is 53.9 Å². The van der Waals surface area contributed by atoms with Gasteiger partial charge in [-0.25, -0.2) is 4.79 Å². The number of rotatable bonds is 6. The van der Waals surface area contributed by atoms with Crippen molar-refractivity contribution in [3.8, 4) is 23.0 Å². The molecule has 196 valence electrons. The lowest BCUT2D eigenvalue weighted by Crippen LogP contribution is -2.60. The van der Waals surface area contributed by atoms with E-state index in [0.29, 0.717) is 0 Å². The Kier molecular flexibility index (Phi) is 6.13. The number of carboxylic acids is 1. The predicted octanol–water partition coefficient (Wildman–Crippen LogP) is 0.515. The van der Waals surface area contributed by atoms with Gasteiger partial charge in [0, 0.05) is 28.3 Å². The van der Waals surface area contributed by atoms with Gasteiger partial charge in [0.25, 0.3) is 5.69 Å². The summed E-state index contributed by atoms with van der Waals surface area (Å²) in [6.45, 7) is -0.905. The Morgan fingerprint density at radius 3 is 2.49 bits per heavy atom. The van der Waals surface area contributed by atoms with Crippen LogP contribution < -0.4 is 18.9 Å². The minimum absolute atomic E-state index is 0.00257. The molecule has 5 unspecified atom stereocenters. The second-order valence-corrected chi connectivity index (χ2v) is 8.40. The molecule has 14 heteroatoms. The third-order valence-electron chi connectivity index (χ3n) is 6.33. The number of carboxylic acid groups (broad SMARTS) is 1. The van der Waals surface area contributed by atoms with Crippen molar-refractivity contribution >= 4 is 33.2 Å². The molecule has 0 amide bonds. The second-order valence-electron chi connectivity index (χ2n) is 8.40. The third-order valence-corrected chi connectivity index (χ3v) is 6.33. The van der Waals surface area contributed by atoms with Crippen LogP contribution in [0.2, 0.25) is 0 Å². The van der Waals surface area contributed by atoms with Crippen LogP contribution in [-0.2, 0) is 4.74 Å². The zero-order valence-electron chi connectivity index (χ0n) is 19.1. The fourth-order valence-electron chi connectivity index (χ4n) is 4.58. The molecule has 2 aliphatic rings. The van der Waals surface area contributed by atoms with E-state index in [0.717, 1.165) is 6.07 Å². The molecule has 37 heavy (non-hydrogen) atoms. The Hall–Kier alpha value is -3.95. The van der Waals surface area contributed by atoms with E-state index in [1.807, 2.05) is 0 Å². The van der Waals surface area contributed by atoms with Crippen LogP contribution in [0.15, 0.2) is 24.3 Å². The molecule has 0 bridgehead atoms. The number of hydrogen-bond donors (Lipinski definition) is 5. The van der Waals surface area contributed by atoms with Crippen LogP contribution in [0.1, 0.15) is 10.4 Å². The SMILES string of the molecule is COc1cc(OC2OC(CO)C(O)C(O)C2O)cc2c1cc([N+](=O)[O-])c1c(C(=O)O)cc3c(c12)OCO3. The van der Waals surface area contributed by atoms with Crippen molar-refractivity contribution in [1.29, 1.82) is 0 Å². The monoisotopic (exact) mass is 519 g/mol. The van der Waals surface area contributed by atoms with Crippen molar-refractivity contribution in [2.45, 2.75) is 30.7 Å². The van der Waals surface area contributed by atoms with Crippen molar-refractivity contribution in [2.24, 2.45) is 0 Å². The predicted molar refractivity (Wildman–Crippen MR) is 122 cm³/mol. The number of nitro groups is 1. The summed E-state index contributed by atoms with van der Waals surface area (Å²) in [5.74, 6) is -1.18. The Morgan fingerprint density at radius 2 is 1.84 bits per heavy atom. The maximum Gasteiger partial charge on any atom is 0.336 e. The van der Waals surface area contributed by atoms with Gasteiger partial charge < -0.3 is 49.2 Å². The summed E-state index contributed by atoms with van der Waals surface area (Å²) in [4.78, 5) is 23.3. The average Bonchev–Trinajstić information content (AvgIpc) is 3.35. The molecule has 0 spiro atoms. The molecule has 3 aromatic rings. The first kappa shape index (κ1) is 24.7. The van der Waals surface area contributed by atoms with Crippen LogP contribution in [0, 0.1) is 10.1 Å². The van der Waals surface area contributed by atoms with Crippen molar-refractivity contribution in [1.82, 2.24) is 0 Å². The Labute approximate surface area is 206 Å². The van der Waals surface area contributed by atoms with Crippen molar-refractivity contribution in [3.05, 3.63) is 39.9 Å². The lowest BCUT2D eigenvalue weighted by atomic mass is 9.94. The highest BCUT2D eigenvalue weighted by Crippen LogP contribution is 2.50. The standard InChI is InChI=1S/C23H21NO13/c1-33-13-3-8(36-23-20(28)19(27)18(26)15(6-25)37-23)2-10-9(13)4-12(24(31)32)16-11(22(29)30)5-14-21(17(10)16)35-7-34-14/h2-5,15,18-20,23,25-28H,6-7H2,1H3,(H,29,30). The largest absolute Gasteiger partial charge is 0.496 e. The number of hydrogen-bond acceptors (Lipinski definition) is 12. The maximum absolute atomic E-state index is 12.1. The molecule has 5 rings (SSSR count). The summed E-state index contributed by atoms with van der Waals surface area (Å²) in [5.41, 5.74) is -0.883. The lowest BCUT2D eigenvalue weighted by molar-refractivity contribution is -0.383. The molecule has 0 radical (unpaired) electrons. The summed E-state index contributed by atoms with van der Waals surface area (Å²) in [7, 11) is 1.31. The molecule has 2 heterocycles. The van der Waals surface area contributed by atoms with E-state index >= 15 is 0 Å². The van der Waals surface area contributed by atoms with E-state index in [-0.39, 0.29) is 56.9 Å². The van der Waals surface area contributed by atoms with Crippen molar-refractivity contribution in [2.75, 3.05) is 20.5 Å². The van der Waals surface area contributed by atoms with Gasteiger partial charge in [0.05, 0.1) is 29.6 Å². The summed E-state index contributed by atoms with van der Waals surface area (Å²) in [6.07, 6.45) is -7.73. The van der Waals surface area contributed by atoms with Gasteiger partial charge in [-0.1, -0.05) is 0 Å². The van der Waals surface area contributed by atoms with Crippen molar-refractivity contribution in [3.63, 3.8) is 0 Å². The first-order valence-electron chi connectivity index (χ1n) is 10.9. The minimum Gasteiger partial charge on any atom is -0.496 e. The number of fused-ring (bicyclic) bond motifs is 5. The van der Waals surface area contributed by atoms with Crippen LogP contribution in [0.5, 0.6) is 23.0 Å². The third kappa shape index (κ3) is 3.91. The smallest absolute Gasteiger partial charge is 0.336 e. The number of benzene rings is 3. The number of nitro benzene ring substituents is 1. The number of aliphatic hydroxyl groups excluding tert-OH is 4. The molecular formula is C23H21NO13. The number of methoxy groups -OCH3 is 1. The highest BCUT2D eigenvalue weighted by Gasteiger charge is 2.45. The zero-order valence-corrected chi connectivity index (χ0v) is 19.1. The Balaban J connectivity index is 1.76. The summed E-state index contributed by atoms with van der Waals surface area (Å²) in [5, 5.41) is 62.0. The maximum atomic E-state index is 12.1. The number of carbonyl (C=O) groups is 1. The molecule has 14 nitrogen and oxygen atoms in total. The lowest BCUT2D eigenvalue weighted by Gasteiger charge is -2.39. The van der Waals surface area contributed by atoms with Crippen LogP contribution in [-0.4, -0.2) is 87.6 Å². The summed E-state index contributed by atoms with van der Waals surface area (Å²) in [6, 6.07) is 5.07. The first-order chi connectivity index (χ1) is 17.7. The van der Waals surface area contributed by atoms with Crippen LogP contribution >= 0.6 is 0 Å². The summed E-state index contributed by atoms with van der Waals surface area (Å²) < 4.78 is 27.5. The summed E-state index contributed by atoms with van der Waals surface area (Å²) >= 11 is 0. The average molecular weight is 519 g/mol. The molecule has 0 aromatic heterocycles. The van der Waals surface area contributed by atoms with E-state index in [1.54, 1.807) is 0 Å². The van der Waals surface area contributed by atoms with E-state index in [1.165, 1.54) is 25.3 Å². The second kappa shape index (κ2) is 9.17. The zero-order chi connectivity index (χ0) is 26.6. The van der Waals surface area contributed by atoms with Crippen LogP contribution in [0.3, 0.4) is 0 Å². The number of non-ortho nitro benzene ring substituents is 1. The van der Waals surface area contributed by atoms with Gasteiger partial charge in [-0.2, -0.15) is 0 Å². The number of aromatic carboxylic acids is 1. The van der Waals surface area contributed by atoms with Gasteiger partial charge >= 0.3 is 5.97 Å². The number of aliphatic hydroxyl groups is 4. The van der Waals surface area contributed by atoms with E-state index in [9.17, 15) is 40.4 Å². The molecule has 1 saturated heterocycles. The minimum atomic E-state index is -1.70. The fraction of sp³-hybridized carbons (Fsp3) is 0.348. The Morgan fingerprint density at radius 1 is 1.08 bits per heavy atom. The molecule has 0 aliphatic carbocycles. The molecule has 0 saturated carbocycles. The van der Waals surface area contributed by atoms with E-state index in [2.05, 4.69) is 0 Å². The van der Waals surface area contributed by atoms with Gasteiger partial charge in [-0.05, 0) is 12.1 Å². The van der Waals surface area contributed by atoms with E-state index in [4.69, 9.17) is 23.7 Å². The fourth-order valence-corrected chi connectivity index (χ4v) is 4.58. The van der Waals surface area contributed by atoms with Crippen molar-refractivity contribution < 1.29 is 58.9 Å². The van der Waals surface area contributed by atoms with Crippen LogP contribution in [0.25, 0.3) is 21.5 Å².